The number of aliphatic hydroxyl groups excluding tert-OH is 1. The van der Waals surface area contributed by atoms with Crippen LogP contribution in [0.25, 0.3) is 11.1 Å². The lowest BCUT2D eigenvalue weighted by molar-refractivity contribution is 0.0392. The van der Waals surface area contributed by atoms with Crippen LogP contribution in [0.1, 0.15) is 49.2 Å². The smallest absolute Gasteiger partial charge is 0.408 e. The Balaban J connectivity index is 1.55. The molecule has 0 saturated carbocycles. The molecule has 0 heterocycles. The summed E-state index contributed by atoms with van der Waals surface area (Å²) in [6.45, 7) is 8.68. The van der Waals surface area contributed by atoms with E-state index >= 15 is 0 Å². The molecule has 0 spiro atoms. The fraction of sp³-hybridized carbons (Fsp3) is 0.333. The molecule has 0 saturated heterocycles. The quantitative estimate of drug-likeness (QED) is 0.374. The first-order chi connectivity index (χ1) is 17.0. The van der Waals surface area contributed by atoms with Gasteiger partial charge in [-0.3, -0.25) is 4.79 Å². The van der Waals surface area contributed by atoms with Crippen molar-refractivity contribution in [2.45, 2.75) is 52.2 Å². The third-order valence-corrected chi connectivity index (χ3v) is 5.78. The summed E-state index contributed by atoms with van der Waals surface area (Å²) in [6.07, 6.45) is -0.0174. The minimum Gasteiger partial charge on any atom is -0.493 e. The van der Waals surface area contributed by atoms with Crippen molar-refractivity contribution in [3.05, 3.63) is 89.5 Å². The van der Waals surface area contributed by atoms with Crippen LogP contribution >= 0.6 is 0 Å². The van der Waals surface area contributed by atoms with Gasteiger partial charge >= 0.3 is 6.09 Å². The second-order valence-corrected chi connectivity index (χ2v) is 10.1. The topological polar surface area (TPSA) is 84.9 Å². The standard InChI is InChI=1S/C30H35NO5/c1-21-8-6-7-9-26(21)23-12-10-22(11-13-23)18-19-35-25-16-14-24(15-17-25)27(33)30(5,20-32)31-28(34)36-29(2,3)4/h6-17,32H,18-20H2,1-5H3,(H,31,34). The van der Waals surface area contributed by atoms with Crippen LogP contribution in [-0.2, 0) is 11.2 Å². The lowest BCUT2D eigenvalue weighted by Crippen LogP contribution is -2.55. The largest absolute Gasteiger partial charge is 0.493 e. The maximum atomic E-state index is 13.0. The van der Waals surface area contributed by atoms with Gasteiger partial charge in [0.25, 0.3) is 0 Å². The van der Waals surface area contributed by atoms with E-state index in [9.17, 15) is 14.7 Å². The molecular formula is C30H35NO5. The zero-order valence-corrected chi connectivity index (χ0v) is 21.6. The van der Waals surface area contributed by atoms with E-state index in [0.29, 0.717) is 17.9 Å². The van der Waals surface area contributed by atoms with Crippen LogP contribution in [0.2, 0.25) is 0 Å². The van der Waals surface area contributed by atoms with E-state index in [2.05, 4.69) is 48.6 Å². The van der Waals surface area contributed by atoms with Gasteiger partial charge in [0.2, 0.25) is 0 Å². The third kappa shape index (κ3) is 7.18. The van der Waals surface area contributed by atoms with E-state index in [0.717, 1.165) is 6.42 Å². The Morgan fingerprint density at radius 1 is 0.889 bits per heavy atom. The average Bonchev–Trinajstić information content (AvgIpc) is 2.83. The van der Waals surface area contributed by atoms with E-state index in [1.165, 1.54) is 29.2 Å². The van der Waals surface area contributed by atoms with Crippen LogP contribution in [-0.4, -0.2) is 41.3 Å². The summed E-state index contributed by atoms with van der Waals surface area (Å²) in [5.74, 6) is 0.213. The molecule has 6 heteroatoms. The third-order valence-electron chi connectivity index (χ3n) is 5.78. The van der Waals surface area contributed by atoms with Crippen LogP contribution in [0.4, 0.5) is 4.79 Å². The number of nitrogens with one attached hydrogen (secondary N) is 1. The zero-order valence-electron chi connectivity index (χ0n) is 21.6. The molecular weight excluding hydrogens is 454 g/mol. The number of alkyl carbamates (subject to hydrolysis) is 1. The van der Waals surface area contributed by atoms with E-state index in [-0.39, 0.29) is 0 Å². The van der Waals surface area contributed by atoms with Crippen molar-refractivity contribution in [1.29, 1.82) is 0 Å². The summed E-state index contributed by atoms with van der Waals surface area (Å²) in [5.41, 5.74) is 2.96. The molecule has 0 aliphatic rings. The molecule has 3 aromatic rings. The number of ketones is 1. The minimum absolute atomic E-state index is 0.349. The van der Waals surface area contributed by atoms with Gasteiger partial charge in [0.05, 0.1) is 13.2 Å². The summed E-state index contributed by atoms with van der Waals surface area (Å²) >= 11 is 0. The van der Waals surface area contributed by atoms with Crippen LogP contribution in [0, 0.1) is 6.92 Å². The second-order valence-electron chi connectivity index (χ2n) is 10.1. The number of hydrogen-bond acceptors (Lipinski definition) is 5. The average molecular weight is 490 g/mol. The van der Waals surface area contributed by atoms with E-state index < -0.39 is 29.6 Å². The first-order valence-electron chi connectivity index (χ1n) is 12.1. The number of carbonyl (C=O) groups is 2. The van der Waals surface area contributed by atoms with Crippen LogP contribution in [0.15, 0.2) is 72.8 Å². The van der Waals surface area contributed by atoms with Crippen LogP contribution in [0.3, 0.4) is 0 Å². The summed E-state index contributed by atoms with van der Waals surface area (Å²) in [5, 5.41) is 12.3. The SMILES string of the molecule is Cc1ccccc1-c1ccc(CCOc2ccc(C(=O)C(C)(CO)NC(=O)OC(C)(C)C)cc2)cc1. The van der Waals surface area contributed by atoms with Gasteiger partial charge in [-0.1, -0.05) is 48.5 Å². The van der Waals surface area contributed by atoms with Crippen molar-refractivity contribution in [1.82, 2.24) is 5.32 Å². The van der Waals surface area contributed by atoms with Crippen molar-refractivity contribution in [3.8, 4) is 16.9 Å². The predicted octanol–water partition coefficient (Wildman–Crippen LogP) is 5.74. The number of carbonyl (C=O) groups excluding carboxylic acids is 2. The van der Waals surface area contributed by atoms with Gasteiger partial charge in [0, 0.05) is 12.0 Å². The zero-order chi connectivity index (χ0) is 26.3. The molecule has 0 aliphatic carbocycles. The molecule has 3 aromatic carbocycles. The predicted molar refractivity (Wildman–Crippen MR) is 141 cm³/mol. The maximum absolute atomic E-state index is 13.0. The first kappa shape index (κ1) is 27.0. The van der Waals surface area contributed by atoms with Gasteiger partial charge < -0.3 is 19.9 Å². The highest BCUT2D eigenvalue weighted by Crippen LogP contribution is 2.24. The number of benzene rings is 3. The molecule has 3 rings (SSSR count). The first-order valence-corrected chi connectivity index (χ1v) is 12.1. The summed E-state index contributed by atoms with van der Waals surface area (Å²) < 4.78 is 11.1. The fourth-order valence-corrected chi connectivity index (χ4v) is 3.75. The van der Waals surface area contributed by atoms with Gasteiger partial charge in [0.15, 0.2) is 5.78 Å². The van der Waals surface area contributed by atoms with Crippen molar-refractivity contribution < 1.29 is 24.2 Å². The van der Waals surface area contributed by atoms with E-state index in [4.69, 9.17) is 9.47 Å². The molecule has 2 N–H and O–H groups in total. The minimum atomic E-state index is -1.50. The highest BCUT2D eigenvalue weighted by molar-refractivity contribution is 6.04. The molecule has 1 amide bonds. The van der Waals surface area contributed by atoms with Gasteiger partial charge in [-0.2, -0.15) is 0 Å². The van der Waals surface area contributed by atoms with Crippen molar-refractivity contribution in [2.24, 2.45) is 0 Å². The van der Waals surface area contributed by atoms with Crippen LogP contribution < -0.4 is 10.1 Å². The Morgan fingerprint density at radius 2 is 1.53 bits per heavy atom. The molecule has 1 atom stereocenters. The number of hydrogen-bond donors (Lipinski definition) is 2. The molecule has 0 aliphatic heterocycles. The highest BCUT2D eigenvalue weighted by atomic mass is 16.6. The molecule has 190 valence electrons. The molecule has 36 heavy (non-hydrogen) atoms. The summed E-state index contributed by atoms with van der Waals surface area (Å²) in [6, 6.07) is 23.5. The summed E-state index contributed by atoms with van der Waals surface area (Å²) in [7, 11) is 0. The number of aryl methyl sites for hydroxylation is 1. The Hall–Kier alpha value is -3.64. The van der Waals surface area contributed by atoms with Gasteiger partial charge in [-0.15, -0.1) is 0 Å². The molecule has 0 radical (unpaired) electrons. The number of aliphatic hydroxyl groups is 1. The summed E-state index contributed by atoms with van der Waals surface area (Å²) in [4.78, 5) is 25.1. The monoisotopic (exact) mass is 489 g/mol. The molecule has 0 fully saturated rings. The maximum Gasteiger partial charge on any atom is 0.408 e. The Bertz CT molecular complexity index is 1180. The number of amides is 1. The van der Waals surface area contributed by atoms with E-state index in [1.807, 2.05) is 12.1 Å². The highest BCUT2D eigenvalue weighted by Gasteiger charge is 2.36. The fourth-order valence-electron chi connectivity index (χ4n) is 3.75. The molecule has 0 aromatic heterocycles. The lowest BCUT2D eigenvalue weighted by atomic mass is 9.92. The van der Waals surface area contributed by atoms with Crippen molar-refractivity contribution >= 4 is 11.9 Å². The van der Waals surface area contributed by atoms with Gasteiger partial charge in [-0.05, 0) is 81.1 Å². The molecule has 1 unspecified atom stereocenters. The Labute approximate surface area is 213 Å². The number of Topliss-reactive ketones (excluding diaryl/α,β-unsaturated/α-hetero) is 1. The molecule has 6 nitrogen and oxygen atoms in total. The van der Waals surface area contributed by atoms with Crippen LogP contribution in [0.5, 0.6) is 5.75 Å². The lowest BCUT2D eigenvalue weighted by Gasteiger charge is -2.29. The molecule has 0 bridgehead atoms. The Kier molecular flexibility index (Phi) is 8.53. The number of rotatable bonds is 9. The van der Waals surface area contributed by atoms with E-state index in [1.54, 1.807) is 45.0 Å². The van der Waals surface area contributed by atoms with Crippen molar-refractivity contribution in [3.63, 3.8) is 0 Å². The number of ether oxygens (including phenoxy) is 2. The van der Waals surface area contributed by atoms with Crippen molar-refractivity contribution in [2.75, 3.05) is 13.2 Å². The normalized spacial score (nSPS) is 12.9. The Morgan fingerprint density at radius 3 is 2.11 bits per heavy atom. The second kappa shape index (κ2) is 11.4. The van der Waals surface area contributed by atoms with Gasteiger partial charge in [-0.25, -0.2) is 4.79 Å². The van der Waals surface area contributed by atoms with Gasteiger partial charge in [0.1, 0.15) is 16.9 Å².